The highest BCUT2D eigenvalue weighted by Crippen LogP contribution is 2.35. The van der Waals surface area contributed by atoms with E-state index in [4.69, 9.17) is 4.52 Å². The number of rotatable bonds is 3. The monoisotopic (exact) mass is 302 g/mol. The maximum absolute atomic E-state index is 12.2. The van der Waals surface area contributed by atoms with Crippen LogP contribution in [-0.2, 0) is 0 Å². The lowest BCUT2D eigenvalue weighted by atomic mass is 9.93. The second kappa shape index (κ2) is 5.90. The molecule has 1 aromatic heterocycles. The normalized spacial score (nSPS) is 27.8. The van der Waals surface area contributed by atoms with Gasteiger partial charge in [-0.25, -0.2) is 0 Å². The molecule has 3 N–H and O–H groups in total. The minimum atomic E-state index is -1.01. The Kier molecular flexibility index (Phi) is 3.96. The molecule has 1 aliphatic carbocycles. The average Bonchev–Trinajstić information content (AvgIpc) is 3.07. The van der Waals surface area contributed by atoms with E-state index in [9.17, 15) is 15.0 Å². The van der Waals surface area contributed by atoms with E-state index in [2.05, 4.69) is 10.5 Å². The van der Waals surface area contributed by atoms with Gasteiger partial charge in [-0.1, -0.05) is 35.5 Å². The van der Waals surface area contributed by atoms with E-state index < -0.39 is 24.2 Å². The minimum Gasteiger partial charge on any atom is -0.390 e. The van der Waals surface area contributed by atoms with E-state index in [1.807, 2.05) is 30.3 Å². The van der Waals surface area contributed by atoms with Gasteiger partial charge in [0.05, 0.1) is 12.1 Å². The van der Waals surface area contributed by atoms with Crippen molar-refractivity contribution in [2.75, 3.05) is 0 Å². The Labute approximate surface area is 127 Å². The van der Waals surface area contributed by atoms with Crippen LogP contribution in [0.25, 0.3) is 0 Å². The number of aromatic nitrogens is 1. The molecule has 1 aliphatic rings. The van der Waals surface area contributed by atoms with Gasteiger partial charge in [-0.3, -0.25) is 4.79 Å². The summed E-state index contributed by atoms with van der Waals surface area (Å²) in [4.78, 5) is 12.2. The first-order chi connectivity index (χ1) is 10.6. The Hall–Kier alpha value is -2.18. The van der Waals surface area contributed by atoms with Crippen molar-refractivity contribution in [2.45, 2.75) is 37.5 Å². The summed E-state index contributed by atoms with van der Waals surface area (Å²) in [6.45, 7) is 1.70. The quantitative estimate of drug-likeness (QED) is 0.786. The molecule has 0 spiro atoms. The van der Waals surface area contributed by atoms with Crippen molar-refractivity contribution in [1.29, 1.82) is 0 Å². The molecule has 0 unspecified atom stereocenters. The average molecular weight is 302 g/mol. The number of aliphatic hydroxyl groups is 2. The maximum Gasteiger partial charge on any atom is 0.273 e. The summed E-state index contributed by atoms with van der Waals surface area (Å²) in [5, 5.41) is 26.6. The molecule has 0 aliphatic heterocycles. The first-order valence-corrected chi connectivity index (χ1v) is 7.21. The molecule has 1 amide bonds. The van der Waals surface area contributed by atoms with Crippen LogP contribution < -0.4 is 5.32 Å². The van der Waals surface area contributed by atoms with Crippen molar-refractivity contribution < 1.29 is 19.5 Å². The number of amides is 1. The van der Waals surface area contributed by atoms with Crippen LogP contribution in [0.15, 0.2) is 40.9 Å². The lowest BCUT2D eigenvalue weighted by Crippen LogP contribution is -2.45. The predicted octanol–water partition coefficient (Wildman–Crippen LogP) is 0.991. The molecular weight excluding hydrogens is 284 g/mol. The van der Waals surface area contributed by atoms with Crippen molar-refractivity contribution in [3.05, 3.63) is 53.4 Å². The standard InChI is InChI=1S/C16H18N2O4/c1-9-7-12(18-22-9)16(21)17-14-11(8-13(19)15(14)20)10-5-3-2-4-6-10/h2-7,11,13-15,19-20H,8H2,1H3,(H,17,21)/t11-,13-,14-,15-/m1/s1. The Balaban J connectivity index is 1.81. The molecule has 3 rings (SSSR count). The largest absolute Gasteiger partial charge is 0.390 e. The number of benzene rings is 1. The van der Waals surface area contributed by atoms with Crippen molar-refractivity contribution in [3.63, 3.8) is 0 Å². The third-order valence-corrected chi connectivity index (χ3v) is 4.08. The molecule has 4 atom stereocenters. The molecule has 1 saturated carbocycles. The smallest absolute Gasteiger partial charge is 0.273 e. The van der Waals surface area contributed by atoms with Gasteiger partial charge in [0.1, 0.15) is 11.9 Å². The first-order valence-electron chi connectivity index (χ1n) is 7.21. The van der Waals surface area contributed by atoms with Gasteiger partial charge in [0.25, 0.3) is 5.91 Å². The van der Waals surface area contributed by atoms with Crippen LogP contribution in [0.1, 0.15) is 34.2 Å². The van der Waals surface area contributed by atoms with Crippen molar-refractivity contribution >= 4 is 5.91 Å². The number of aryl methyl sites for hydroxylation is 1. The molecule has 0 bridgehead atoms. The third-order valence-electron chi connectivity index (χ3n) is 4.08. The van der Waals surface area contributed by atoms with Gasteiger partial charge in [0, 0.05) is 12.0 Å². The van der Waals surface area contributed by atoms with E-state index in [1.54, 1.807) is 6.92 Å². The Bertz CT molecular complexity index is 655. The highest BCUT2D eigenvalue weighted by Gasteiger charge is 2.43. The first kappa shape index (κ1) is 14.7. The Morgan fingerprint density at radius 3 is 2.68 bits per heavy atom. The Morgan fingerprint density at radius 2 is 2.05 bits per heavy atom. The summed E-state index contributed by atoms with van der Waals surface area (Å²) in [6, 6.07) is 10.5. The Morgan fingerprint density at radius 1 is 1.32 bits per heavy atom. The van der Waals surface area contributed by atoms with Crippen LogP contribution in [0.3, 0.4) is 0 Å². The predicted molar refractivity (Wildman–Crippen MR) is 78.3 cm³/mol. The van der Waals surface area contributed by atoms with Crippen molar-refractivity contribution in [2.24, 2.45) is 0 Å². The highest BCUT2D eigenvalue weighted by molar-refractivity contribution is 5.92. The lowest BCUT2D eigenvalue weighted by Gasteiger charge is -2.23. The van der Waals surface area contributed by atoms with Crippen LogP contribution in [0.4, 0.5) is 0 Å². The summed E-state index contributed by atoms with van der Waals surface area (Å²) in [6.07, 6.45) is -1.48. The van der Waals surface area contributed by atoms with E-state index in [0.717, 1.165) is 5.56 Å². The molecule has 116 valence electrons. The van der Waals surface area contributed by atoms with Gasteiger partial charge < -0.3 is 20.1 Å². The van der Waals surface area contributed by atoms with Gasteiger partial charge in [0.2, 0.25) is 0 Å². The van der Waals surface area contributed by atoms with E-state index >= 15 is 0 Å². The van der Waals surface area contributed by atoms with Crippen LogP contribution in [0, 0.1) is 6.92 Å². The number of nitrogens with one attached hydrogen (secondary N) is 1. The fourth-order valence-corrected chi connectivity index (χ4v) is 2.95. The zero-order valence-corrected chi connectivity index (χ0v) is 12.1. The number of carbonyl (C=O) groups excluding carboxylic acids is 1. The number of nitrogens with zero attached hydrogens (tertiary/aromatic N) is 1. The molecular formula is C16H18N2O4. The highest BCUT2D eigenvalue weighted by atomic mass is 16.5. The van der Waals surface area contributed by atoms with Crippen LogP contribution in [-0.4, -0.2) is 39.5 Å². The maximum atomic E-state index is 12.2. The SMILES string of the molecule is Cc1cc(C(=O)N[C@H]2[C@H](O)[C@H](O)C[C@@H]2c2ccccc2)no1. The lowest BCUT2D eigenvalue weighted by molar-refractivity contribution is 0.0293. The summed E-state index contributed by atoms with van der Waals surface area (Å²) in [7, 11) is 0. The fourth-order valence-electron chi connectivity index (χ4n) is 2.95. The van der Waals surface area contributed by atoms with Gasteiger partial charge in [-0.15, -0.1) is 0 Å². The molecule has 22 heavy (non-hydrogen) atoms. The van der Waals surface area contributed by atoms with Crippen LogP contribution in [0.2, 0.25) is 0 Å². The number of hydrogen-bond donors (Lipinski definition) is 3. The van der Waals surface area contributed by atoms with Gasteiger partial charge >= 0.3 is 0 Å². The van der Waals surface area contributed by atoms with Crippen molar-refractivity contribution in [3.8, 4) is 0 Å². The molecule has 0 radical (unpaired) electrons. The summed E-state index contributed by atoms with van der Waals surface area (Å²) in [5.74, 6) is -0.0316. The molecule has 1 fully saturated rings. The molecule has 2 aromatic rings. The summed E-state index contributed by atoms with van der Waals surface area (Å²) < 4.78 is 4.89. The van der Waals surface area contributed by atoms with E-state index in [-0.39, 0.29) is 11.6 Å². The summed E-state index contributed by atoms with van der Waals surface area (Å²) in [5.41, 5.74) is 1.14. The van der Waals surface area contributed by atoms with Gasteiger partial charge in [0.15, 0.2) is 5.69 Å². The van der Waals surface area contributed by atoms with E-state index in [0.29, 0.717) is 12.2 Å². The second-order valence-corrected chi connectivity index (χ2v) is 5.63. The van der Waals surface area contributed by atoms with Gasteiger partial charge in [-0.05, 0) is 18.9 Å². The van der Waals surface area contributed by atoms with Gasteiger partial charge in [-0.2, -0.15) is 0 Å². The number of hydrogen-bond acceptors (Lipinski definition) is 5. The molecule has 1 heterocycles. The molecule has 6 heteroatoms. The molecule has 0 saturated heterocycles. The zero-order chi connectivity index (χ0) is 15.7. The second-order valence-electron chi connectivity index (χ2n) is 5.63. The topological polar surface area (TPSA) is 95.6 Å². The fraction of sp³-hybridized carbons (Fsp3) is 0.375. The van der Waals surface area contributed by atoms with Crippen molar-refractivity contribution in [1.82, 2.24) is 10.5 Å². The zero-order valence-electron chi connectivity index (χ0n) is 12.1. The minimum absolute atomic E-state index is 0.150. The van der Waals surface area contributed by atoms with Crippen LogP contribution >= 0.6 is 0 Å². The third kappa shape index (κ3) is 2.75. The van der Waals surface area contributed by atoms with Crippen LogP contribution in [0.5, 0.6) is 0 Å². The molecule has 6 nitrogen and oxygen atoms in total. The number of aliphatic hydroxyl groups excluding tert-OH is 2. The number of carbonyl (C=O) groups is 1. The summed E-state index contributed by atoms with van der Waals surface area (Å²) >= 11 is 0. The molecule has 1 aromatic carbocycles. The van der Waals surface area contributed by atoms with E-state index in [1.165, 1.54) is 6.07 Å².